The van der Waals surface area contributed by atoms with Crippen molar-refractivity contribution in [3.8, 4) is 0 Å². The molecule has 4 aromatic rings. The van der Waals surface area contributed by atoms with E-state index in [-0.39, 0.29) is 23.8 Å². The van der Waals surface area contributed by atoms with Gasteiger partial charge in [-0.15, -0.1) is 0 Å². The van der Waals surface area contributed by atoms with Crippen molar-refractivity contribution >= 4 is 44.1 Å². The van der Waals surface area contributed by atoms with Crippen molar-refractivity contribution in [2.75, 3.05) is 5.32 Å². The predicted octanol–water partition coefficient (Wildman–Crippen LogP) is 2.85. The summed E-state index contributed by atoms with van der Waals surface area (Å²) in [6, 6.07) is 23.9. The maximum Gasteiger partial charge on any atom is 0.326 e. The second kappa shape index (κ2) is 10.7. The van der Waals surface area contributed by atoms with E-state index in [0.29, 0.717) is 16.6 Å². The van der Waals surface area contributed by atoms with Crippen molar-refractivity contribution < 1.29 is 23.1 Å². The van der Waals surface area contributed by atoms with Gasteiger partial charge in [0.2, 0.25) is 14.7 Å². The number of hydrogen-bond acceptors (Lipinski definition) is 6. The highest BCUT2D eigenvalue weighted by Gasteiger charge is 2.52. The van der Waals surface area contributed by atoms with Crippen molar-refractivity contribution in [1.29, 1.82) is 5.41 Å². The van der Waals surface area contributed by atoms with Gasteiger partial charge in [-0.3, -0.25) is 10.2 Å². The molecule has 1 unspecified atom stereocenters. The minimum Gasteiger partial charge on any atom is -0.480 e. The van der Waals surface area contributed by atoms with E-state index in [9.17, 15) is 23.1 Å². The van der Waals surface area contributed by atoms with Crippen LogP contribution in [0.5, 0.6) is 0 Å². The van der Waals surface area contributed by atoms with Gasteiger partial charge in [-0.25, -0.2) is 13.2 Å². The number of sulfone groups is 1. The highest BCUT2D eigenvalue weighted by atomic mass is 32.2. The van der Waals surface area contributed by atoms with Crippen LogP contribution < -0.4 is 16.8 Å². The second-order valence-corrected chi connectivity index (χ2v) is 12.3. The van der Waals surface area contributed by atoms with Gasteiger partial charge < -0.3 is 26.8 Å². The lowest BCUT2D eigenvalue weighted by Crippen LogP contribution is -2.64. The molecule has 11 heteroatoms. The zero-order chi connectivity index (χ0) is 29.4. The average molecular weight is 572 g/mol. The summed E-state index contributed by atoms with van der Waals surface area (Å²) >= 11 is 0. The predicted molar refractivity (Wildman–Crippen MR) is 156 cm³/mol. The third-order valence-corrected chi connectivity index (χ3v) is 9.49. The first-order valence-corrected chi connectivity index (χ1v) is 14.3. The van der Waals surface area contributed by atoms with E-state index in [1.807, 2.05) is 12.1 Å². The molecular formula is C30H29N5O5S. The van der Waals surface area contributed by atoms with Gasteiger partial charge >= 0.3 is 5.97 Å². The minimum atomic E-state index is -4.59. The molecule has 0 spiro atoms. The van der Waals surface area contributed by atoms with Gasteiger partial charge in [-0.1, -0.05) is 66.7 Å². The van der Waals surface area contributed by atoms with Crippen molar-refractivity contribution in [2.45, 2.75) is 35.2 Å². The molecule has 0 fully saturated rings. The van der Waals surface area contributed by atoms with E-state index in [1.54, 1.807) is 66.7 Å². The number of fused-ring (bicyclic) bond motifs is 2. The first kappa shape index (κ1) is 27.8. The summed E-state index contributed by atoms with van der Waals surface area (Å²) in [6.07, 6.45) is -0.444. The highest BCUT2D eigenvalue weighted by Crippen LogP contribution is 2.33. The van der Waals surface area contributed by atoms with Crippen LogP contribution >= 0.6 is 0 Å². The maximum atomic E-state index is 14.4. The van der Waals surface area contributed by atoms with Crippen molar-refractivity contribution in [3.63, 3.8) is 0 Å². The van der Waals surface area contributed by atoms with E-state index in [1.165, 1.54) is 12.1 Å². The number of anilines is 1. The van der Waals surface area contributed by atoms with Gasteiger partial charge in [0.25, 0.3) is 5.91 Å². The Hall–Kier alpha value is -4.74. The van der Waals surface area contributed by atoms with E-state index < -0.39 is 39.0 Å². The van der Waals surface area contributed by atoms with E-state index in [0.717, 1.165) is 21.4 Å². The fourth-order valence-corrected chi connectivity index (χ4v) is 6.90. The van der Waals surface area contributed by atoms with Crippen LogP contribution in [0.1, 0.15) is 16.7 Å². The molecule has 1 aliphatic heterocycles. The Labute approximate surface area is 237 Å². The quantitative estimate of drug-likeness (QED) is 0.166. The van der Waals surface area contributed by atoms with Crippen LogP contribution in [-0.2, 0) is 38.8 Å². The number of amides is 1. The Bertz CT molecular complexity index is 1790. The number of aliphatic carboxylic acids is 1. The molecule has 2 atom stereocenters. The Balaban J connectivity index is 1.64. The summed E-state index contributed by atoms with van der Waals surface area (Å²) in [5, 5.41) is 21.7. The lowest BCUT2D eigenvalue weighted by Gasteiger charge is -2.40. The summed E-state index contributed by atoms with van der Waals surface area (Å²) < 4.78 is 28.8. The second-order valence-electron chi connectivity index (χ2n) is 10.1. The number of carboxylic acids is 1. The lowest BCUT2D eigenvalue weighted by molar-refractivity contribution is -0.152. The first-order valence-electron chi connectivity index (χ1n) is 12.8. The SMILES string of the molecule is N=C(N)Nc1cccc(C[C@](N)(C(=O)N2Cc3ccccc3CC2C(=O)O)S(=O)(=O)c2ccc3ccccc3c2)c1. The monoisotopic (exact) mass is 571 g/mol. The Kier molecular flexibility index (Phi) is 7.24. The van der Waals surface area contributed by atoms with Crippen molar-refractivity contribution in [3.05, 3.63) is 108 Å². The van der Waals surface area contributed by atoms with Gasteiger partial charge in [-0.2, -0.15) is 0 Å². The molecule has 0 saturated heterocycles. The zero-order valence-corrected chi connectivity index (χ0v) is 22.8. The van der Waals surface area contributed by atoms with E-state index in [4.69, 9.17) is 16.9 Å². The smallest absolute Gasteiger partial charge is 0.326 e. The van der Waals surface area contributed by atoms with Crippen LogP contribution in [0.15, 0.2) is 95.9 Å². The highest BCUT2D eigenvalue weighted by molar-refractivity contribution is 7.93. The molecule has 4 aromatic carbocycles. The van der Waals surface area contributed by atoms with Crippen LogP contribution in [0, 0.1) is 5.41 Å². The Morgan fingerprint density at radius 1 is 0.951 bits per heavy atom. The van der Waals surface area contributed by atoms with Crippen LogP contribution in [0.2, 0.25) is 0 Å². The van der Waals surface area contributed by atoms with Crippen LogP contribution in [0.25, 0.3) is 10.8 Å². The molecular weight excluding hydrogens is 542 g/mol. The fraction of sp³-hybridized carbons (Fsp3) is 0.167. The summed E-state index contributed by atoms with van der Waals surface area (Å²) in [6.45, 7) is -0.107. The molecule has 5 rings (SSSR count). The molecule has 1 heterocycles. The topological polar surface area (TPSA) is 180 Å². The Morgan fingerprint density at radius 3 is 2.34 bits per heavy atom. The number of nitrogens with zero attached hydrogens (tertiary/aromatic N) is 1. The summed E-state index contributed by atoms with van der Waals surface area (Å²) in [4.78, 5) is 25.1. The van der Waals surface area contributed by atoms with Gasteiger partial charge in [0.15, 0.2) is 5.96 Å². The maximum absolute atomic E-state index is 14.4. The number of nitrogens with one attached hydrogen (secondary N) is 2. The van der Waals surface area contributed by atoms with E-state index in [2.05, 4.69) is 5.32 Å². The summed E-state index contributed by atoms with van der Waals surface area (Å²) in [5.74, 6) is -2.60. The van der Waals surface area contributed by atoms with Gasteiger partial charge in [0.1, 0.15) is 6.04 Å². The molecule has 10 nitrogen and oxygen atoms in total. The molecule has 0 radical (unpaired) electrons. The number of hydrogen-bond donors (Lipinski definition) is 5. The number of benzene rings is 4. The van der Waals surface area contributed by atoms with Crippen molar-refractivity contribution in [1.82, 2.24) is 4.90 Å². The molecule has 7 N–H and O–H groups in total. The largest absolute Gasteiger partial charge is 0.480 e. The molecule has 0 bridgehead atoms. The third-order valence-electron chi connectivity index (χ3n) is 7.34. The number of carbonyl (C=O) groups excluding carboxylic acids is 1. The van der Waals surface area contributed by atoms with Crippen LogP contribution in [0.3, 0.4) is 0 Å². The molecule has 1 amide bonds. The zero-order valence-electron chi connectivity index (χ0n) is 21.9. The van der Waals surface area contributed by atoms with Crippen LogP contribution in [-0.4, -0.2) is 47.2 Å². The number of guanidine groups is 1. The summed E-state index contributed by atoms with van der Waals surface area (Å²) in [7, 11) is -4.59. The fourth-order valence-electron chi connectivity index (χ4n) is 5.25. The normalized spacial score (nSPS) is 16.4. The molecule has 210 valence electrons. The van der Waals surface area contributed by atoms with Gasteiger partial charge in [0, 0.05) is 25.1 Å². The number of nitrogens with two attached hydrogens (primary N) is 2. The van der Waals surface area contributed by atoms with Crippen LogP contribution in [0.4, 0.5) is 5.69 Å². The number of carboxylic acid groups (broad SMARTS) is 1. The third kappa shape index (κ3) is 5.24. The van der Waals surface area contributed by atoms with Crippen molar-refractivity contribution in [2.24, 2.45) is 11.5 Å². The molecule has 0 aromatic heterocycles. The summed E-state index contributed by atoms with van der Waals surface area (Å²) in [5.41, 5.74) is 14.5. The number of carbonyl (C=O) groups is 2. The molecule has 0 aliphatic carbocycles. The van der Waals surface area contributed by atoms with Gasteiger partial charge in [0.05, 0.1) is 4.90 Å². The van der Waals surface area contributed by atoms with E-state index >= 15 is 0 Å². The molecule has 41 heavy (non-hydrogen) atoms. The average Bonchev–Trinajstić information content (AvgIpc) is 2.95. The van der Waals surface area contributed by atoms with Gasteiger partial charge in [-0.05, 0) is 51.7 Å². The molecule has 1 aliphatic rings. The first-order chi connectivity index (χ1) is 19.5. The Morgan fingerprint density at radius 2 is 1.63 bits per heavy atom. The standard InChI is InChI=1S/C30H29N5O5S/c31-29(32)34-24-11-5-6-19(14-24)17-30(33,41(39,40)25-13-12-20-7-1-2-8-21(20)15-25)28(38)35-18-23-10-4-3-9-22(23)16-26(35)27(36)37/h1-15,26H,16-18,33H2,(H,36,37)(H4,31,32,34)/t26?,30-/m1/s1. The molecule has 0 saturated carbocycles. The number of rotatable bonds is 7. The minimum absolute atomic E-state index is 0.0152. The lowest BCUT2D eigenvalue weighted by atomic mass is 9.92.